The Labute approximate surface area is 133 Å². The van der Waals surface area contributed by atoms with E-state index in [1.165, 1.54) is 0 Å². The largest absolute Gasteiger partial charge is 0.383 e. The molecular weight excluding hydrogens is 306 g/mol. The van der Waals surface area contributed by atoms with E-state index in [1.807, 2.05) is 4.90 Å². The summed E-state index contributed by atoms with van der Waals surface area (Å²) >= 11 is 0. The number of likely N-dealkylation sites (tertiary alicyclic amines) is 1. The first-order valence-electron chi connectivity index (χ1n) is 7.66. The molecule has 1 N–H and O–H groups in total. The third-order valence-corrected chi connectivity index (χ3v) is 4.50. The van der Waals surface area contributed by atoms with Gasteiger partial charge in [-0.15, -0.1) is 0 Å². The van der Waals surface area contributed by atoms with Gasteiger partial charge in [-0.25, -0.2) is 13.6 Å². The molecule has 0 saturated carbocycles. The second-order valence-corrected chi connectivity index (χ2v) is 5.92. The Kier molecular flexibility index (Phi) is 4.72. The molecule has 0 spiro atoms. The number of fused-ring (bicyclic) bond motifs is 1. The van der Waals surface area contributed by atoms with Gasteiger partial charge in [0.05, 0.1) is 31.1 Å². The number of hydrogen-bond acceptors (Lipinski definition) is 4. The predicted octanol–water partition coefficient (Wildman–Crippen LogP) is 0.974. The van der Waals surface area contributed by atoms with Gasteiger partial charge in [-0.1, -0.05) is 0 Å². The standard InChI is InChI=1S/C15H20F2N4O2/c1-23-5-4-21-14-2-3-20(9-13(14)19-15(21)22)8-10-11(16)6-18-7-12(10)17/h6-7,13-14H,2-5,8-9H2,1H3,(H,19,22)/t13-,14+/m0/s1. The van der Waals surface area contributed by atoms with Crippen molar-refractivity contribution in [3.63, 3.8) is 0 Å². The van der Waals surface area contributed by atoms with Gasteiger partial charge in [0.2, 0.25) is 0 Å². The molecule has 3 rings (SSSR count). The van der Waals surface area contributed by atoms with E-state index in [0.29, 0.717) is 26.2 Å². The molecule has 1 aromatic rings. The molecule has 2 fully saturated rings. The zero-order valence-corrected chi connectivity index (χ0v) is 13.0. The van der Waals surface area contributed by atoms with Gasteiger partial charge < -0.3 is 15.0 Å². The molecule has 2 aliphatic rings. The molecule has 0 radical (unpaired) electrons. The Hall–Kier alpha value is -1.80. The lowest BCUT2D eigenvalue weighted by Crippen LogP contribution is -2.51. The number of hydrogen-bond donors (Lipinski definition) is 1. The highest BCUT2D eigenvalue weighted by Gasteiger charge is 2.42. The molecule has 2 saturated heterocycles. The first-order chi connectivity index (χ1) is 11.1. The summed E-state index contributed by atoms with van der Waals surface area (Å²) in [6.07, 6.45) is 2.81. The smallest absolute Gasteiger partial charge is 0.318 e. The van der Waals surface area contributed by atoms with E-state index in [2.05, 4.69) is 10.3 Å². The van der Waals surface area contributed by atoms with E-state index in [0.717, 1.165) is 18.8 Å². The number of piperidine rings is 1. The lowest BCUT2D eigenvalue weighted by Gasteiger charge is -2.36. The number of amides is 2. The van der Waals surface area contributed by atoms with E-state index < -0.39 is 11.6 Å². The minimum atomic E-state index is -0.635. The topological polar surface area (TPSA) is 57.7 Å². The Morgan fingerprint density at radius 1 is 1.39 bits per heavy atom. The number of nitrogens with zero attached hydrogens (tertiary/aromatic N) is 3. The Balaban J connectivity index is 1.64. The second kappa shape index (κ2) is 6.76. The maximum Gasteiger partial charge on any atom is 0.318 e. The van der Waals surface area contributed by atoms with Crippen molar-refractivity contribution in [1.82, 2.24) is 20.1 Å². The third kappa shape index (κ3) is 3.28. The normalized spacial score (nSPS) is 24.7. The predicted molar refractivity (Wildman–Crippen MR) is 78.7 cm³/mol. The fraction of sp³-hybridized carbons (Fsp3) is 0.600. The fourth-order valence-electron chi connectivity index (χ4n) is 3.33. The molecule has 3 heterocycles. The molecule has 126 valence electrons. The summed E-state index contributed by atoms with van der Waals surface area (Å²) in [5, 5.41) is 2.95. The van der Waals surface area contributed by atoms with E-state index in [1.54, 1.807) is 12.0 Å². The van der Waals surface area contributed by atoms with Crippen molar-refractivity contribution in [2.75, 3.05) is 33.4 Å². The van der Waals surface area contributed by atoms with Crippen LogP contribution in [0.25, 0.3) is 0 Å². The van der Waals surface area contributed by atoms with Crippen LogP contribution in [0.3, 0.4) is 0 Å². The molecule has 0 unspecified atom stereocenters. The van der Waals surface area contributed by atoms with Crippen LogP contribution in [0.15, 0.2) is 12.4 Å². The van der Waals surface area contributed by atoms with Crippen LogP contribution in [-0.4, -0.2) is 66.2 Å². The van der Waals surface area contributed by atoms with Crippen molar-refractivity contribution >= 4 is 6.03 Å². The van der Waals surface area contributed by atoms with E-state index >= 15 is 0 Å². The van der Waals surface area contributed by atoms with Crippen molar-refractivity contribution < 1.29 is 18.3 Å². The number of carbonyl (C=O) groups is 1. The molecule has 2 aliphatic heterocycles. The van der Waals surface area contributed by atoms with E-state index in [4.69, 9.17) is 4.74 Å². The summed E-state index contributed by atoms with van der Waals surface area (Å²) in [5.74, 6) is -1.27. The first-order valence-corrected chi connectivity index (χ1v) is 7.66. The summed E-state index contributed by atoms with van der Waals surface area (Å²) < 4.78 is 32.5. The van der Waals surface area contributed by atoms with Crippen LogP contribution < -0.4 is 5.32 Å². The van der Waals surface area contributed by atoms with Crippen LogP contribution >= 0.6 is 0 Å². The van der Waals surface area contributed by atoms with Gasteiger partial charge in [-0.2, -0.15) is 0 Å². The SMILES string of the molecule is COCCN1C(=O)N[C@H]2CN(Cc3c(F)cncc3F)CC[C@H]21. The monoisotopic (exact) mass is 326 g/mol. The molecular formula is C15H20F2N4O2. The molecule has 1 aromatic heterocycles. The van der Waals surface area contributed by atoms with E-state index in [9.17, 15) is 13.6 Å². The highest BCUT2D eigenvalue weighted by atomic mass is 19.1. The first kappa shape index (κ1) is 16.1. The van der Waals surface area contributed by atoms with Crippen LogP contribution in [0.4, 0.5) is 13.6 Å². The van der Waals surface area contributed by atoms with Crippen LogP contribution in [0, 0.1) is 11.6 Å². The average Bonchev–Trinajstić information content (AvgIpc) is 2.83. The van der Waals surface area contributed by atoms with Crippen molar-refractivity contribution in [2.45, 2.75) is 25.0 Å². The number of halogens is 2. The molecule has 8 heteroatoms. The Bertz CT molecular complexity index is 566. The zero-order valence-electron chi connectivity index (χ0n) is 13.0. The van der Waals surface area contributed by atoms with Crippen molar-refractivity contribution in [1.29, 1.82) is 0 Å². The number of pyridine rings is 1. The van der Waals surface area contributed by atoms with Crippen molar-refractivity contribution in [3.05, 3.63) is 29.6 Å². The lowest BCUT2D eigenvalue weighted by atomic mass is 9.99. The van der Waals surface area contributed by atoms with Crippen LogP contribution in [0.1, 0.15) is 12.0 Å². The number of urea groups is 1. The molecule has 0 bridgehead atoms. The zero-order chi connectivity index (χ0) is 16.4. The Morgan fingerprint density at radius 2 is 2.13 bits per heavy atom. The maximum absolute atomic E-state index is 13.7. The summed E-state index contributed by atoms with van der Waals surface area (Å²) in [5.41, 5.74) is 0.0269. The van der Waals surface area contributed by atoms with Gasteiger partial charge in [0.15, 0.2) is 0 Å². The lowest BCUT2D eigenvalue weighted by molar-refractivity contribution is 0.110. The summed E-state index contributed by atoms with van der Waals surface area (Å²) in [7, 11) is 1.60. The van der Waals surface area contributed by atoms with Gasteiger partial charge in [0.1, 0.15) is 11.6 Å². The molecule has 2 amide bonds. The number of carbonyl (C=O) groups excluding carboxylic acids is 1. The van der Waals surface area contributed by atoms with Gasteiger partial charge in [0.25, 0.3) is 0 Å². The molecule has 0 aliphatic carbocycles. The minimum Gasteiger partial charge on any atom is -0.383 e. The fourth-order valence-corrected chi connectivity index (χ4v) is 3.33. The number of aromatic nitrogens is 1. The Morgan fingerprint density at radius 3 is 2.83 bits per heavy atom. The third-order valence-electron chi connectivity index (χ3n) is 4.50. The quantitative estimate of drug-likeness (QED) is 0.876. The maximum atomic E-state index is 13.7. The van der Waals surface area contributed by atoms with Gasteiger partial charge in [0, 0.05) is 38.9 Å². The van der Waals surface area contributed by atoms with Crippen molar-refractivity contribution in [3.8, 4) is 0 Å². The van der Waals surface area contributed by atoms with Gasteiger partial charge in [-0.3, -0.25) is 9.88 Å². The van der Waals surface area contributed by atoms with Crippen LogP contribution in [0.2, 0.25) is 0 Å². The summed E-state index contributed by atoms with van der Waals surface area (Å²) in [6, 6.07) is -0.0118. The summed E-state index contributed by atoms with van der Waals surface area (Å²) in [4.78, 5) is 19.3. The number of ether oxygens (including phenoxy) is 1. The molecule has 6 nitrogen and oxygen atoms in total. The highest BCUT2D eigenvalue weighted by Crippen LogP contribution is 2.24. The van der Waals surface area contributed by atoms with E-state index in [-0.39, 0.29) is 30.2 Å². The van der Waals surface area contributed by atoms with Gasteiger partial charge >= 0.3 is 6.03 Å². The minimum absolute atomic E-state index is 0.0268. The average molecular weight is 326 g/mol. The van der Waals surface area contributed by atoms with Crippen LogP contribution in [-0.2, 0) is 11.3 Å². The van der Waals surface area contributed by atoms with Gasteiger partial charge in [-0.05, 0) is 6.42 Å². The number of rotatable bonds is 5. The molecule has 0 aromatic carbocycles. The van der Waals surface area contributed by atoms with Crippen LogP contribution in [0.5, 0.6) is 0 Å². The molecule has 2 atom stereocenters. The molecule has 23 heavy (non-hydrogen) atoms. The summed E-state index contributed by atoms with van der Waals surface area (Å²) in [6.45, 7) is 2.48. The van der Waals surface area contributed by atoms with Crippen molar-refractivity contribution in [2.24, 2.45) is 0 Å². The highest BCUT2D eigenvalue weighted by molar-refractivity contribution is 5.77. The number of methoxy groups -OCH3 is 1. The number of nitrogens with one attached hydrogen (secondary N) is 1. The second-order valence-electron chi connectivity index (χ2n) is 5.92.